The number of ether oxygens (including phenoxy) is 1. The van der Waals surface area contributed by atoms with Gasteiger partial charge in [-0.1, -0.05) is 22.6 Å². The van der Waals surface area contributed by atoms with Crippen LogP contribution < -0.4 is 11.1 Å². The molecule has 1 aliphatic rings. The first-order chi connectivity index (χ1) is 7.06. The van der Waals surface area contributed by atoms with Gasteiger partial charge < -0.3 is 26.0 Å². The molecule has 0 aromatic rings. The number of aliphatic hydroxyl groups excluding tert-OH is 2. The van der Waals surface area contributed by atoms with E-state index in [1.165, 1.54) is 6.20 Å². The monoisotopic (exact) mass is 328 g/mol. The molecule has 1 fully saturated rings. The van der Waals surface area contributed by atoms with E-state index in [2.05, 4.69) is 27.9 Å². The molecule has 1 rings (SSSR count). The number of aliphatic hydroxyl groups is 2. The van der Waals surface area contributed by atoms with E-state index >= 15 is 0 Å². The van der Waals surface area contributed by atoms with E-state index in [0.29, 0.717) is 4.43 Å². The molecule has 1 aliphatic heterocycles. The van der Waals surface area contributed by atoms with Crippen LogP contribution in [0.15, 0.2) is 12.3 Å². The van der Waals surface area contributed by atoms with Gasteiger partial charge in [0.1, 0.15) is 12.2 Å². The third kappa shape index (κ3) is 3.30. The summed E-state index contributed by atoms with van der Waals surface area (Å²) in [6, 6.07) is 0. The maximum absolute atomic E-state index is 10.4. The Labute approximate surface area is 101 Å². The molecule has 86 valence electrons. The second-order valence-corrected chi connectivity index (χ2v) is 4.01. The summed E-state index contributed by atoms with van der Waals surface area (Å²) in [7, 11) is 0. The second kappa shape index (κ2) is 5.64. The number of carbonyl (C=O) groups excluding carboxylic acids is 1. The molecule has 1 heterocycles. The van der Waals surface area contributed by atoms with Gasteiger partial charge in [-0.05, 0) is 0 Å². The molecule has 0 radical (unpaired) electrons. The molecule has 4 atom stereocenters. The van der Waals surface area contributed by atoms with E-state index in [1.807, 2.05) is 0 Å². The average molecular weight is 328 g/mol. The zero-order chi connectivity index (χ0) is 11.4. The van der Waals surface area contributed by atoms with E-state index in [9.17, 15) is 15.0 Å². The van der Waals surface area contributed by atoms with Crippen LogP contribution in [0.1, 0.15) is 0 Å². The topological polar surface area (TPSA) is 105 Å². The minimum Gasteiger partial charge on any atom is -0.387 e. The predicted octanol–water partition coefficient (Wildman–Crippen LogP) is -1.54. The molecule has 2 unspecified atom stereocenters. The highest BCUT2D eigenvalue weighted by Gasteiger charge is 2.41. The lowest BCUT2D eigenvalue weighted by molar-refractivity contribution is -0.113. The van der Waals surface area contributed by atoms with Gasteiger partial charge in [0.2, 0.25) is 5.91 Å². The number of primary amides is 1. The Hall–Kier alpha value is -0.380. The summed E-state index contributed by atoms with van der Waals surface area (Å²) < 4.78 is 5.87. The van der Waals surface area contributed by atoms with Crippen LogP contribution in [0, 0.1) is 0 Å². The fraction of sp³-hybridized carbons (Fsp3) is 0.625. The quantitative estimate of drug-likeness (QED) is 0.284. The minimum absolute atomic E-state index is 0.403. The van der Waals surface area contributed by atoms with Crippen molar-refractivity contribution in [1.82, 2.24) is 5.32 Å². The lowest BCUT2D eigenvalue weighted by atomic mass is 10.1. The Morgan fingerprint density at radius 2 is 2.20 bits per heavy atom. The van der Waals surface area contributed by atoms with Gasteiger partial charge in [0.15, 0.2) is 6.23 Å². The first kappa shape index (κ1) is 12.7. The Morgan fingerprint density at radius 1 is 1.53 bits per heavy atom. The van der Waals surface area contributed by atoms with Crippen molar-refractivity contribution in [2.45, 2.75) is 24.5 Å². The smallest absolute Gasteiger partial charge is 0.242 e. The number of hydrogen-bond acceptors (Lipinski definition) is 5. The summed E-state index contributed by atoms with van der Waals surface area (Å²) >= 11 is 2.06. The zero-order valence-corrected chi connectivity index (χ0v) is 9.99. The molecule has 0 spiro atoms. The molecule has 0 aromatic heterocycles. The number of hydrogen-bond donors (Lipinski definition) is 4. The summed E-state index contributed by atoms with van der Waals surface area (Å²) in [6.07, 6.45) is -0.641. The molecule has 7 heteroatoms. The van der Waals surface area contributed by atoms with Crippen molar-refractivity contribution in [2.24, 2.45) is 5.73 Å². The van der Waals surface area contributed by atoms with Crippen LogP contribution in [0.4, 0.5) is 0 Å². The SMILES string of the molecule is NC(=O)/C=C\N[C@@H]1O[C@H](CI)C(O)C1O. The number of carbonyl (C=O) groups is 1. The molecule has 1 amide bonds. The fourth-order valence-corrected chi connectivity index (χ4v) is 1.97. The summed E-state index contributed by atoms with van der Waals surface area (Å²) in [5, 5.41) is 21.7. The van der Waals surface area contributed by atoms with Crippen LogP contribution in [0.25, 0.3) is 0 Å². The number of nitrogens with one attached hydrogen (secondary N) is 1. The third-order valence-electron chi connectivity index (χ3n) is 2.02. The maximum Gasteiger partial charge on any atom is 0.242 e. The van der Waals surface area contributed by atoms with Crippen molar-refractivity contribution in [3.05, 3.63) is 12.3 Å². The van der Waals surface area contributed by atoms with Gasteiger partial charge in [0.25, 0.3) is 0 Å². The van der Waals surface area contributed by atoms with Crippen LogP contribution in [-0.2, 0) is 9.53 Å². The number of nitrogens with two attached hydrogens (primary N) is 1. The number of halogens is 1. The van der Waals surface area contributed by atoms with E-state index in [0.717, 1.165) is 6.08 Å². The molecule has 1 saturated heterocycles. The Bertz CT molecular complexity index is 261. The summed E-state index contributed by atoms with van der Waals surface area (Å²) in [5.74, 6) is -0.596. The number of rotatable bonds is 4. The van der Waals surface area contributed by atoms with Gasteiger partial charge >= 0.3 is 0 Å². The molecule has 0 saturated carbocycles. The van der Waals surface area contributed by atoms with Crippen molar-refractivity contribution in [2.75, 3.05) is 4.43 Å². The Balaban J connectivity index is 2.47. The van der Waals surface area contributed by atoms with Crippen molar-refractivity contribution < 1.29 is 19.7 Å². The summed E-state index contributed by atoms with van der Waals surface area (Å²) in [5.41, 5.74) is 4.87. The highest BCUT2D eigenvalue weighted by molar-refractivity contribution is 14.1. The van der Waals surface area contributed by atoms with Crippen LogP contribution in [0.5, 0.6) is 0 Å². The Kier molecular flexibility index (Phi) is 4.77. The van der Waals surface area contributed by atoms with Crippen molar-refractivity contribution >= 4 is 28.5 Å². The predicted molar refractivity (Wildman–Crippen MR) is 61.0 cm³/mol. The van der Waals surface area contributed by atoms with E-state index < -0.39 is 30.4 Å². The molecule has 6 nitrogen and oxygen atoms in total. The molecular formula is C8H13IN2O4. The standard InChI is InChI=1S/C8H13IN2O4/c9-3-4-6(13)7(14)8(15-4)11-2-1-5(10)12/h1-2,4,6-8,11,13-14H,3H2,(H2,10,12)/b2-1-/t4-,6?,7?,8-/m1/s1. The third-order valence-corrected chi connectivity index (χ3v) is 2.89. The lowest BCUT2D eigenvalue weighted by Gasteiger charge is -2.14. The van der Waals surface area contributed by atoms with Crippen LogP contribution in [-0.4, -0.2) is 45.1 Å². The highest BCUT2D eigenvalue weighted by Crippen LogP contribution is 2.21. The Morgan fingerprint density at radius 3 is 2.67 bits per heavy atom. The zero-order valence-electron chi connectivity index (χ0n) is 7.84. The van der Waals surface area contributed by atoms with Gasteiger partial charge in [0.05, 0.1) is 6.10 Å². The average Bonchev–Trinajstić information content (AvgIpc) is 2.45. The summed E-state index contributed by atoms with van der Waals surface area (Å²) in [4.78, 5) is 10.4. The van der Waals surface area contributed by atoms with Crippen LogP contribution >= 0.6 is 22.6 Å². The molecular weight excluding hydrogens is 315 g/mol. The van der Waals surface area contributed by atoms with Crippen LogP contribution in [0.2, 0.25) is 0 Å². The summed E-state index contributed by atoms with van der Waals surface area (Å²) in [6.45, 7) is 0. The van der Waals surface area contributed by atoms with E-state index in [-0.39, 0.29) is 0 Å². The molecule has 0 aliphatic carbocycles. The largest absolute Gasteiger partial charge is 0.387 e. The maximum atomic E-state index is 10.4. The normalized spacial score (nSPS) is 35.9. The number of amides is 1. The van der Waals surface area contributed by atoms with Crippen molar-refractivity contribution in [3.8, 4) is 0 Å². The fourth-order valence-electron chi connectivity index (χ4n) is 1.24. The van der Waals surface area contributed by atoms with Gasteiger partial charge in [-0.15, -0.1) is 0 Å². The highest BCUT2D eigenvalue weighted by atomic mass is 127. The van der Waals surface area contributed by atoms with Crippen molar-refractivity contribution in [1.29, 1.82) is 0 Å². The molecule has 15 heavy (non-hydrogen) atoms. The first-order valence-electron chi connectivity index (χ1n) is 4.36. The van der Waals surface area contributed by atoms with E-state index in [4.69, 9.17) is 10.5 Å². The second-order valence-electron chi connectivity index (χ2n) is 3.13. The van der Waals surface area contributed by atoms with Crippen LogP contribution in [0.3, 0.4) is 0 Å². The van der Waals surface area contributed by atoms with Gasteiger partial charge in [-0.2, -0.15) is 0 Å². The molecule has 0 bridgehead atoms. The lowest BCUT2D eigenvalue weighted by Crippen LogP contribution is -2.38. The minimum atomic E-state index is -1.01. The van der Waals surface area contributed by atoms with Crippen molar-refractivity contribution in [3.63, 3.8) is 0 Å². The van der Waals surface area contributed by atoms with Gasteiger partial charge in [-0.25, -0.2) is 0 Å². The van der Waals surface area contributed by atoms with Gasteiger partial charge in [0, 0.05) is 16.7 Å². The number of alkyl halides is 1. The first-order valence-corrected chi connectivity index (χ1v) is 5.88. The molecule has 0 aromatic carbocycles. The van der Waals surface area contributed by atoms with Gasteiger partial charge in [-0.3, -0.25) is 4.79 Å². The molecule has 5 N–H and O–H groups in total. The van der Waals surface area contributed by atoms with E-state index in [1.54, 1.807) is 0 Å².